The molecule has 3 N–H and O–H groups in total. The third kappa shape index (κ3) is 3.46. The summed E-state index contributed by atoms with van der Waals surface area (Å²) in [6.07, 6.45) is 0.928. The lowest BCUT2D eigenvalue weighted by Crippen LogP contribution is -2.11. The van der Waals surface area contributed by atoms with E-state index >= 15 is 0 Å². The number of halogens is 1. The Labute approximate surface area is 124 Å². The minimum Gasteiger partial charge on any atom is -0.382 e. The molecule has 0 aliphatic carbocycles. The molecule has 0 amide bonds. The third-order valence-electron chi connectivity index (χ3n) is 3.06. The lowest BCUT2D eigenvalue weighted by Gasteiger charge is -2.13. The molecule has 1 aromatic heterocycles. The fourth-order valence-corrected chi connectivity index (χ4v) is 2.14. The van der Waals surface area contributed by atoms with Gasteiger partial charge in [-0.25, -0.2) is 9.97 Å². The van der Waals surface area contributed by atoms with Crippen molar-refractivity contribution in [3.63, 3.8) is 0 Å². The van der Waals surface area contributed by atoms with E-state index in [0.717, 1.165) is 41.4 Å². The Morgan fingerprint density at radius 1 is 1.10 bits per heavy atom. The van der Waals surface area contributed by atoms with E-state index in [4.69, 9.17) is 17.3 Å². The highest BCUT2D eigenvalue weighted by Crippen LogP contribution is 2.23. The molecule has 0 aliphatic rings. The van der Waals surface area contributed by atoms with Gasteiger partial charge in [-0.2, -0.15) is 0 Å². The summed E-state index contributed by atoms with van der Waals surface area (Å²) < 4.78 is 0. The standard InChI is InChI=1S/C15H19ClN4/c1-10-14(18-9-3-8-17)11(2)20-15(19-10)12-4-6-13(16)7-5-12/h4-7,18H,3,8-9,17H2,1-2H3. The van der Waals surface area contributed by atoms with E-state index < -0.39 is 0 Å². The Bertz CT molecular complexity index is 558. The van der Waals surface area contributed by atoms with Crippen molar-refractivity contribution in [2.24, 2.45) is 5.73 Å². The molecule has 20 heavy (non-hydrogen) atoms. The molecule has 1 heterocycles. The Kier molecular flexibility index (Phi) is 4.93. The Hall–Kier alpha value is -1.65. The van der Waals surface area contributed by atoms with Crippen LogP contribution in [0.2, 0.25) is 5.02 Å². The molecular formula is C15H19ClN4. The van der Waals surface area contributed by atoms with Crippen LogP contribution in [0.25, 0.3) is 11.4 Å². The van der Waals surface area contributed by atoms with Gasteiger partial charge in [-0.3, -0.25) is 0 Å². The number of nitrogens with zero attached hydrogens (tertiary/aromatic N) is 2. The zero-order valence-electron chi connectivity index (χ0n) is 11.8. The molecule has 0 aliphatic heterocycles. The summed E-state index contributed by atoms with van der Waals surface area (Å²) in [5, 5.41) is 4.05. The van der Waals surface area contributed by atoms with E-state index in [0.29, 0.717) is 11.6 Å². The van der Waals surface area contributed by atoms with Gasteiger partial charge in [0.05, 0.1) is 17.1 Å². The van der Waals surface area contributed by atoms with Gasteiger partial charge in [0.2, 0.25) is 0 Å². The monoisotopic (exact) mass is 290 g/mol. The van der Waals surface area contributed by atoms with E-state index in [1.165, 1.54) is 0 Å². The van der Waals surface area contributed by atoms with Crippen molar-refractivity contribution in [2.75, 3.05) is 18.4 Å². The summed E-state index contributed by atoms with van der Waals surface area (Å²) in [4.78, 5) is 9.13. The van der Waals surface area contributed by atoms with Crippen LogP contribution in [0, 0.1) is 13.8 Å². The predicted molar refractivity (Wildman–Crippen MR) is 84.1 cm³/mol. The van der Waals surface area contributed by atoms with Crippen LogP contribution in [0.15, 0.2) is 24.3 Å². The quantitative estimate of drug-likeness (QED) is 0.830. The number of nitrogens with two attached hydrogens (primary N) is 1. The van der Waals surface area contributed by atoms with E-state index in [9.17, 15) is 0 Å². The second-order valence-corrected chi connectivity index (χ2v) is 5.11. The number of hydrogen-bond acceptors (Lipinski definition) is 4. The highest BCUT2D eigenvalue weighted by molar-refractivity contribution is 6.30. The second kappa shape index (κ2) is 6.68. The minimum atomic E-state index is 0.675. The zero-order chi connectivity index (χ0) is 14.5. The van der Waals surface area contributed by atoms with Gasteiger partial charge in [-0.05, 0) is 51.1 Å². The molecule has 106 valence electrons. The smallest absolute Gasteiger partial charge is 0.159 e. The Morgan fingerprint density at radius 3 is 2.25 bits per heavy atom. The van der Waals surface area contributed by atoms with Crippen LogP contribution in [-0.2, 0) is 0 Å². The van der Waals surface area contributed by atoms with Crippen molar-refractivity contribution < 1.29 is 0 Å². The maximum absolute atomic E-state index is 5.90. The SMILES string of the molecule is Cc1nc(-c2ccc(Cl)cc2)nc(C)c1NCCCN. The summed E-state index contributed by atoms with van der Waals surface area (Å²) in [6, 6.07) is 7.55. The van der Waals surface area contributed by atoms with Crippen LogP contribution in [0.5, 0.6) is 0 Å². The summed E-state index contributed by atoms with van der Waals surface area (Å²) in [5.41, 5.74) is 9.35. The van der Waals surface area contributed by atoms with E-state index in [-0.39, 0.29) is 0 Å². The van der Waals surface area contributed by atoms with Crippen LogP contribution in [0.3, 0.4) is 0 Å². The van der Waals surface area contributed by atoms with E-state index in [2.05, 4.69) is 15.3 Å². The number of rotatable bonds is 5. The molecule has 0 spiro atoms. The van der Waals surface area contributed by atoms with Gasteiger partial charge in [-0.15, -0.1) is 0 Å². The first-order chi connectivity index (χ1) is 9.61. The van der Waals surface area contributed by atoms with Gasteiger partial charge >= 0.3 is 0 Å². The van der Waals surface area contributed by atoms with Gasteiger partial charge < -0.3 is 11.1 Å². The zero-order valence-corrected chi connectivity index (χ0v) is 12.5. The lowest BCUT2D eigenvalue weighted by atomic mass is 10.2. The highest BCUT2D eigenvalue weighted by atomic mass is 35.5. The summed E-state index contributed by atoms with van der Waals surface area (Å²) in [6.45, 7) is 5.48. The molecule has 0 saturated heterocycles. The molecule has 0 unspecified atom stereocenters. The van der Waals surface area contributed by atoms with Crippen molar-refractivity contribution in [3.05, 3.63) is 40.7 Å². The minimum absolute atomic E-state index is 0.675. The first-order valence-corrected chi connectivity index (χ1v) is 7.04. The molecule has 2 aromatic rings. The van der Waals surface area contributed by atoms with Crippen LogP contribution < -0.4 is 11.1 Å². The van der Waals surface area contributed by atoms with Gasteiger partial charge in [-0.1, -0.05) is 11.6 Å². The Morgan fingerprint density at radius 2 is 1.70 bits per heavy atom. The topological polar surface area (TPSA) is 63.8 Å². The average molecular weight is 291 g/mol. The van der Waals surface area contributed by atoms with Crippen LogP contribution >= 0.6 is 11.6 Å². The highest BCUT2D eigenvalue weighted by Gasteiger charge is 2.09. The van der Waals surface area contributed by atoms with E-state index in [1.54, 1.807) is 0 Å². The molecule has 0 bridgehead atoms. The van der Waals surface area contributed by atoms with Gasteiger partial charge in [0.25, 0.3) is 0 Å². The average Bonchev–Trinajstić information content (AvgIpc) is 2.42. The van der Waals surface area contributed by atoms with Crippen molar-refractivity contribution in [1.82, 2.24) is 9.97 Å². The molecular weight excluding hydrogens is 272 g/mol. The third-order valence-corrected chi connectivity index (χ3v) is 3.31. The normalized spacial score (nSPS) is 10.6. The maximum Gasteiger partial charge on any atom is 0.159 e. The number of nitrogens with one attached hydrogen (secondary N) is 1. The molecule has 5 heteroatoms. The molecule has 0 radical (unpaired) electrons. The molecule has 2 rings (SSSR count). The van der Waals surface area contributed by atoms with Crippen molar-refractivity contribution in [3.8, 4) is 11.4 Å². The molecule has 4 nitrogen and oxygen atoms in total. The van der Waals surface area contributed by atoms with Crippen LogP contribution in [0.4, 0.5) is 5.69 Å². The summed E-state index contributed by atoms with van der Waals surface area (Å²) >= 11 is 5.90. The number of benzene rings is 1. The second-order valence-electron chi connectivity index (χ2n) is 4.67. The van der Waals surface area contributed by atoms with Crippen molar-refractivity contribution in [2.45, 2.75) is 20.3 Å². The first kappa shape index (κ1) is 14.8. The largest absolute Gasteiger partial charge is 0.382 e. The van der Waals surface area contributed by atoms with Crippen LogP contribution in [-0.4, -0.2) is 23.1 Å². The van der Waals surface area contributed by atoms with Crippen LogP contribution in [0.1, 0.15) is 17.8 Å². The maximum atomic E-state index is 5.90. The van der Waals surface area contributed by atoms with Crippen molar-refractivity contribution >= 4 is 17.3 Å². The molecule has 0 fully saturated rings. The number of aryl methyl sites for hydroxylation is 2. The van der Waals surface area contributed by atoms with Crippen molar-refractivity contribution in [1.29, 1.82) is 0 Å². The van der Waals surface area contributed by atoms with Gasteiger partial charge in [0.1, 0.15) is 0 Å². The molecule has 0 saturated carbocycles. The number of hydrogen-bond donors (Lipinski definition) is 2. The molecule has 0 atom stereocenters. The Balaban J connectivity index is 2.27. The lowest BCUT2D eigenvalue weighted by molar-refractivity contribution is 0.868. The summed E-state index contributed by atoms with van der Waals surface area (Å²) in [7, 11) is 0. The van der Waals surface area contributed by atoms with E-state index in [1.807, 2.05) is 38.1 Å². The number of aromatic nitrogens is 2. The fourth-order valence-electron chi connectivity index (χ4n) is 2.02. The van der Waals surface area contributed by atoms with Gasteiger partial charge in [0.15, 0.2) is 5.82 Å². The molecule has 1 aromatic carbocycles. The van der Waals surface area contributed by atoms with Gasteiger partial charge in [0, 0.05) is 17.1 Å². The number of anilines is 1. The predicted octanol–water partition coefficient (Wildman–Crippen LogP) is 3.17. The first-order valence-electron chi connectivity index (χ1n) is 6.67. The summed E-state index contributed by atoms with van der Waals surface area (Å²) in [5.74, 6) is 0.723. The fraction of sp³-hybridized carbons (Fsp3) is 0.333.